The van der Waals surface area contributed by atoms with Crippen LogP contribution in [0.3, 0.4) is 0 Å². The summed E-state index contributed by atoms with van der Waals surface area (Å²) < 4.78 is 28.3. The summed E-state index contributed by atoms with van der Waals surface area (Å²) in [5.74, 6) is -0.258. The number of amides is 2. The van der Waals surface area contributed by atoms with Gasteiger partial charge in [-0.1, -0.05) is 31.4 Å². The highest BCUT2D eigenvalue weighted by atomic mass is 32.2. The van der Waals surface area contributed by atoms with Crippen LogP contribution in [0.15, 0.2) is 29.2 Å². The first-order chi connectivity index (χ1) is 14.3. The van der Waals surface area contributed by atoms with Crippen LogP contribution < -0.4 is 15.4 Å². The van der Waals surface area contributed by atoms with Gasteiger partial charge in [-0.2, -0.15) is 4.72 Å². The minimum absolute atomic E-state index is 0.127. The second-order valence-electron chi connectivity index (χ2n) is 8.67. The lowest BCUT2D eigenvalue weighted by Gasteiger charge is -2.39. The van der Waals surface area contributed by atoms with Crippen molar-refractivity contribution in [1.29, 1.82) is 0 Å². The van der Waals surface area contributed by atoms with Crippen LogP contribution in [0.4, 0.5) is 5.69 Å². The number of para-hydroxylation sites is 1. The fourth-order valence-electron chi connectivity index (χ4n) is 4.77. The summed E-state index contributed by atoms with van der Waals surface area (Å²) in [5, 5.41) is 6.41. The van der Waals surface area contributed by atoms with Crippen LogP contribution in [0.25, 0.3) is 0 Å². The van der Waals surface area contributed by atoms with Gasteiger partial charge in [-0.3, -0.25) is 9.59 Å². The van der Waals surface area contributed by atoms with Gasteiger partial charge in [0.25, 0.3) is 0 Å². The summed E-state index contributed by atoms with van der Waals surface area (Å²) >= 11 is 0. The molecule has 1 saturated heterocycles. The summed E-state index contributed by atoms with van der Waals surface area (Å²) in [5.41, 5.74) is -0.391. The van der Waals surface area contributed by atoms with Gasteiger partial charge in [0.2, 0.25) is 21.8 Å². The maximum Gasteiger partial charge on any atom is 0.244 e. The molecule has 0 radical (unpaired) electrons. The lowest BCUT2D eigenvalue weighted by atomic mass is 9.95. The van der Waals surface area contributed by atoms with E-state index in [0.717, 1.165) is 25.7 Å². The van der Waals surface area contributed by atoms with Gasteiger partial charge in [-0.15, -0.1) is 0 Å². The quantitative estimate of drug-likeness (QED) is 0.674. The number of carbonyl (C=O) groups is 2. The van der Waals surface area contributed by atoms with Crippen molar-refractivity contribution in [1.82, 2.24) is 14.9 Å². The van der Waals surface area contributed by atoms with Crippen LogP contribution in [0.1, 0.15) is 58.3 Å². The number of carbonyl (C=O) groups excluding carboxylic acids is 2. The summed E-state index contributed by atoms with van der Waals surface area (Å²) in [6.45, 7) is 2.05. The predicted molar refractivity (Wildman–Crippen MR) is 113 cm³/mol. The van der Waals surface area contributed by atoms with Gasteiger partial charge >= 0.3 is 0 Å². The number of nitrogens with zero attached hydrogens (tertiary/aromatic N) is 1. The van der Waals surface area contributed by atoms with Crippen molar-refractivity contribution in [3.8, 4) is 0 Å². The van der Waals surface area contributed by atoms with Crippen molar-refractivity contribution >= 4 is 27.5 Å². The van der Waals surface area contributed by atoms with Crippen LogP contribution >= 0.6 is 0 Å². The van der Waals surface area contributed by atoms with E-state index < -0.39 is 21.7 Å². The minimum atomic E-state index is -3.68. The van der Waals surface area contributed by atoms with Crippen LogP contribution in [0.2, 0.25) is 0 Å². The van der Waals surface area contributed by atoms with Crippen molar-refractivity contribution in [3.63, 3.8) is 0 Å². The molecular weight excluding hydrogens is 404 g/mol. The Morgan fingerprint density at radius 1 is 1.20 bits per heavy atom. The molecule has 3 aliphatic rings. The van der Waals surface area contributed by atoms with E-state index in [1.807, 2.05) is 0 Å². The molecule has 2 heterocycles. The Balaban J connectivity index is 1.47. The number of anilines is 1. The molecule has 1 aromatic rings. The van der Waals surface area contributed by atoms with Crippen LogP contribution in [0.5, 0.6) is 0 Å². The first kappa shape index (κ1) is 21.1. The molecule has 4 rings (SSSR count). The number of hydrogen-bond donors (Lipinski definition) is 3. The normalized spacial score (nSPS) is 27.6. The van der Waals surface area contributed by atoms with Crippen molar-refractivity contribution in [2.75, 3.05) is 11.9 Å². The summed E-state index contributed by atoms with van der Waals surface area (Å²) in [6.07, 6.45) is 6.30. The monoisotopic (exact) mass is 434 g/mol. The van der Waals surface area contributed by atoms with E-state index in [-0.39, 0.29) is 29.2 Å². The molecule has 1 aliphatic carbocycles. The number of fused-ring (bicyclic) bond motifs is 1. The van der Waals surface area contributed by atoms with Gasteiger partial charge < -0.3 is 15.5 Å². The Hall–Kier alpha value is -2.13. The molecule has 2 fully saturated rings. The van der Waals surface area contributed by atoms with Gasteiger partial charge in [0.1, 0.15) is 16.6 Å². The van der Waals surface area contributed by atoms with Crippen LogP contribution in [-0.2, 0) is 19.6 Å². The fourth-order valence-corrected chi connectivity index (χ4v) is 6.32. The van der Waals surface area contributed by atoms with Gasteiger partial charge in [-0.25, -0.2) is 8.42 Å². The van der Waals surface area contributed by atoms with E-state index in [0.29, 0.717) is 25.1 Å². The first-order valence-corrected chi connectivity index (χ1v) is 12.3. The van der Waals surface area contributed by atoms with Crippen molar-refractivity contribution in [2.24, 2.45) is 0 Å². The maximum atomic E-state index is 12.8. The molecule has 0 bridgehead atoms. The van der Waals surface area contributed by atoms with Gasteiger partial charge in [0.15, 0.2) is 0 Å². The van der Waals surface area contributed by atoms with E-state index in [4.69, 9.17) is 0 Å². The summed E-state index contributed by atoms with van der Waals surface area (Å²) in [7, 11) is -3.68. The molecule has 1 saturated carbocycles. The Labute approximate surface area is 177 Å². The highest BCUT2D eigenvalue weighted by Crippen LogP contribution is 2.35. The molecule has 1 spiro atoms. The average Bonchev–Trinajstić information content (AvgIpc) is 2.87. The number of benzene rings is 1. The summed E-state index contributed by atoms with van der Waals surface area (Å²) in [4.78, 5) is 27.4. The van der Waals surface area contributed by atoms with Crippen molar-refractivity contribution in [3.05, 3.63) is 24.3 Å². The Kier molecular flexibility index (Phi) is 5.76. The molecule has 0 unspecified atom stereocenters. The molecule has 1 aromatic carbocycles. The number of likely N-dealkylation sites (tertiary alicyclic amines) is 1. The topological polar surface area (TPSA) is 108 Å². The number of nitrogens with one attached hydrogen (secondary N) is 3. The molecule has 9 heteroatoms. The average molecular weight is 435 g/mol. The second kappa shape index (κ2) is 8.19. The first-order valence-electron chi connectivity index (χ1n) is 10.8. The SMILES string of the molecule is C[C@H](C(=O)NC1CCCCC1)N1CC[C@]2(CCC1=O)Nc1ccccc1S(=O)(=O)N2. The van der Waals surface area contributed by atoms with E-state index in [2.05, 4.69) is 15.4 Å². The third kappa shape index (κ3) is 4.18. The van der Waals surface area contributed by atoms with Gasteiger partial charge in [0, 0.05) is 25.4 Å². The maximum absolute atomic E-state index is 12.8. The Morgan fingerprint density at radius 3 is 2.70 bits per heavy atom. The number of hydrogen-bond acceptors (Lipinski definition) is 5. The number of rotatable bonds is 3. The minimum Gasteiger partial charge on any atom is -0.365 e. The molecule has 30 heavy (non-hydrogen) atoms. The smallest absolute Gasteiger partial charge is 0.244 e. The fraction of sp³-hybridized carbons (Fsp3) is 0.619. The molecule has 2 amide bonds. The lowest BCUT2D eigenvalue weighted by molar-refractivity contribution is -0.139. The third-order valence-corrected chi connectivity index (χ3v) is 8.14. The van der Waals surface area contributed by atoms with Gasteiger partial charge in [0.05, 0.1) is 5.69 Å². The molecule has 2 atom stereocenters. The zero-order chi connectivity index (χ0) is 21.4. The molecule has 0 aromatic heterocycles. The van der Waals surface area contributed by atoms with E-state index in [9.17, 15) is 18.0 Å². The highest BCUT2D eigenvalue weighted by molar-refractivity contribution is 7.89. The number of sulfonamides is 1. The second-order valence-corrected chi connectivity index (χ2v) is 10.3. The molecular formula is C21H30N4O4S. The summed E-state index contributed by atoms with van der Waals surface area (Å²) in [6, 6.07) is 6.37. The van der Waals surface area contributed by atoms with E-state index in [1.165, 1.54) is 6.42 Å². The Bertz CT molecular complexity index is 929. The zero-order valence-corrected chi connectivity index (χ0v) is 18.1. The lowest BCUT2D eigenvalue weighted by Crippen LogP contribution is -2.57. The van der Waals surface area contributed by atoms with Gasteiger partial charge in [-0.05, 0) is 38.3 Å². The molecule has 164 valence electrons. The van der Waals surface area contributed by atoms with Crippen molar-refractivity contribution in [2.45, 2.75) is 80.9 Å². The van der Waals surface area contributed by atoms with E-state index in [1.54, 1.807) is 36.1 Å². The van der Waals surface area contributed by atoms with Crippen LogP contribution in [0, 0.1) is 0 Å². The highest BCUT2D eigenvalue weighted by Gasteiger charge is 2.44. The zero-order valence-electron chi connectivity index (χ0n) is 17.3. The standard InChI is InChI=1S/C21H30N4O4S/c1-15(20(27)22-16-7-3-2-4-8-16)25-14-13-21(12-11-19(25)26)23-17-9-5-6-10-18(17)30(28,29)24-21/h5-6,9-10,15-16,23-24H,2-4,7-8,11-14H2,1H3,(H,22,27)/t15-,21-/m1/s1. The van der Waals surface area contributed by atoms with Crippen LogP contribution in [-0.4, -0.2) is 49.4 Å². The van der Waals surface area contributed by atoms with E-state index >= 15 is 0 Å². The van der Waals surface area contributed by atoms with Crippen molar-refractivity contribution < 1.29 is 18.0 Å². The molecule has 3 N–H and O–H groups in total. The molecule has 2 aliphatic heterocycles. The predicted octanol–water partition coefficient (Wildman–Crippen LogP) is 1.94. The Morgan fingerprint density at radius 2 is 1.93 bits per heavy atom. The molecule has 8 nitrogen and oxygen atoms in total. The largest absolute Gasteiger partial charge is 0.365 e. The third-order valence-electron chi connectivity index (χ3n) is 6.54.